The van der Waals surface area contributed by atoms with Crippen LogP contribution in [0.2, 0.25) is 0 Å². The number of amides is 2. The topological polar surface area (TPSA) is 111 Å². The molecule has 4 heterocycles. The summed E-state index contributed by atoms with van der Waals surface area (Å²) in [7, 11) is 0. The van der Waals surface area contributed by atoms with Crippen LogP contribution < -0.4 is 4.74 Å². The van der Waals surface area contributed by atoms with Crippen LogP contribution in [-0.4, -0.2) is 68.5 Å². The number of urea groups is 1. The van der Waals surface area contributed by atoms with Crippen molar-refractivity contribution in [3.05, 3.63) is 60.2 Å². The van der Waals surface area contributed by atoms with Gasteiger partial charge in [0.05, 0.1) is 12.3 Å². The smallest absolute Gasteiger partial charge is 0.406 e. The zero-order valence-corrected chi connectivity index (χ0v) is 20.4. The van der Waals surface area contributed by atoms with E-state index in [0.717, 1.165) is 11.3 Å². The molecule has 9 nitrogen and oxygen atoms in total. The predicted octanol–water partition coefficient (Wildman–Crippen LogP) is 4.69. The van der Waals surface area contributed by atoms with E-state index in [-0.39, 0.29) is 29.5 Å². The van der Waals surface area contributed by atoms with Gasteiger partial charge in [-0.25, -0.2) is 4.79 Å². The van der Waals surface area contributed by atoms with Gasteiger partial charge in [-0.15, -0.1) is 13.2 Å². The highest BCUT2D eigenvalue weighted by Gasteiger charge is 2.36. The van der Waals surface area contributed by atoms with E-state index in [9.17, 15) is 23.2 Å². The highest BCUT2D eigenvalue weighted by molar-refractivity contribution is 5.75. The zero-order valence-electron chi connectivity index (χ0n) is 20.4. The van der Waals surface area contributed by atoms with Gasteiger partial charge in [0.2, 0.25) is 0 Å². The highest BCUT2D eigenvalue weighted by atomic mass is 19.4. The summed E-state index contributed by atoms with van der Waals surface area (Å²) in [5.41, 5.74) is 2.92. The SMILES string of the molecule is N#CC1CCN(C(=O)N2CC(c3ccc(OC(F)(F)F)cc3)CC(c3cc(-c4cnccn4)n[nH]3)C2)CC1. The van der Waals surface area contributed by atoms with Crippen LogP contribution in [0.3, 0.4) is 0 Å². The number of nitrogens with zero attached hydrogens (tertiary/aromatic N) is 6. The highest BCUT2D eigenvalue weighted by Crippen LogP contribution is 2.37. The third-order valence-electron chi connectivity index (χ3n) is 7.12. The largest absolute Gasteiger partial charge is 0.573 e. The van der Waals surface area contributed by atoms with Gasteiger partial charge >= 0.3 is 12.4 Å². The van der Waals surface area contributed by atoms with Crippen molar-refractivity contribution in [1.29, 1.82) is 5.26 Å². The lowest BCUT2D eigenvalue weighted by molar-refractivity contribution is -0.274. The molecule has 0 aliphatic carbocycles. The number of hydrogen-bond donors (Lipinski definition) is 1. The lowest BCUT2D eigenvalue weighted by Gasteiger charge is -2.41. The van der Waals surface area contributed by atoms with Gasteiger partial charge in [0.25, 0.3) is 0 Å². The summed E-state index contributed by atoms with van der Waals surface area (Å²) in [5.74, 6) is -0.525. The number of alkyl halides is 3. The number of aromatic nitrogens is 4. The van der Waals surface area contributed by atoms with Crippen LogP contribution in [-0.2, 0) is 0 Å². The lowest BCUT2D eigenvalue weighted by atomic mass is 9.83. The van der Waals surface area contributed by atoms with Crippen molar-refractivity contribution in [2.75, 3.05) is 26.2 Å². The molecule has 0 spiro atoms. The molecule has 2 aliphatic rings. The van der Waals surface area contributed by atoms with Crippen LogP contribution in [0.25, 0.3) is 11.4 Å². The van der Waals surface area contributed by atoms with Crippen molar-refractivity contribution in [2.24, 2.45) is 5.92 Å². The quantitative estimate of drug-likeness (QED) is 0.529. The molecule has 1 aromatic carbocycles. The summed E-state index contributed by atoms with van der Waals surface area (Å²) >= 11 is 0. The van der Waals surface area contributed by atoms with Crippen LogP contribution in [0, 0.1) is 17.2 Å². The first-order valence-electron chi connectivity index (χ1n) is 12.4. The van der Waals surface area contributed by atoms with Gasteiger partial charge in [-0.05, 0) is 43.0 Å². The van der Waals surface area contributed by atoms with Crippen molar-refractivity contribution in [3.63, 3.8) is 0 Å². The molecular formula is C26H26F3N7O2. The fraction of sp³-hybridized carbons (Fsp3) is 0.423. The van der Waals surface area contributed by atoms with Crippen molar-refractivity contribution < 1.29 is 22.7 Å². The van der Waals surface area contributed by atoms with E-state index in [4.69, 9.17) is 0 Å². The molecule has 1 N–H and O–H groups in total. The normalized spacial score (nSPS) is 20.7. The fourth-order valence-corrected chi connectivity index (χ4v) is 5.17. The minimum Gasteiger partial charge on any atom is -0.406 e. The van der Waals surface area contributed by atoms with Gasteiger partial charge in [-0.1, -0.05) is 12.1 Å². The molecule has 2 saturated heterocycles. The molecule has 2 amide bonds. The fourth-order valence-electron chi connectivity index (χ4n) is 5.17. The summed E-state index contributed by atoms with van der Waals surface area (Å²) in [6.07, 6.45) is 1.98. The number of carbonyl (C=O) groups excluding carboxylic acids is 1. The summed E-state index contributed by atoms with van der Waals surface area (Å²) in [6, 6.07) is 9.92. The molecule has 0 saturated carbocycles. The maximum Gasteiger partial charge on any atom is 0.573 e. The van der Waals surface area contributed by atoms with Crippen molar-refractivity contribution in [3.8, 4) is 23.2 Å². The third-order valence-corrected chi connectivity index (χ3v) is 7.12. The van der Waals surface area contributed by atoms with E-state index < -0.39 is 6.36 Å². The van der Waals surface area contributed by atoms with Crippen molar-refractivity contribution in [1.82, 2.24) is 30.0 Å². The molecule has 3 aromatic rings. The average Bonchev–Trinajstić information content (AvgIpc) is 3.43. The van der Waals surface area contributed by atoms with Crippen LogP contribution in [0.5, 0.6) is 5.75 Å². The number of nitriles is 1. The van der Waals surface area contributed by atoms with Crippen LogP contribution >= 0.6 is 0 Å². The molecule has 2 fully saturated rings. The Bertz CT molecular complexity index is 1280. The Morgan fingerprint density at radius 3 is 2.45 bits per heavy atom. The van der Waals surface area contributed by atoms with Gasteiger partial charge in [-0.3, -0.25) is 15.1 Å². The Kier molecular flexibility index (Phi) is 7.18. The van der Waals surface area contributed by atoms with Crippen molar-refractivity contribution in [2.45, 2.75) is 37.5 Å². The maximum atomic E-state index is 13.5. The first-order valence-corrected chi connectivity index (χ1v) is 12.4. The molecule has 0 radical (unpaired) electrons. The number of nitrogens with one attached hydrogen (secondary N) is 1. The number of rotatable bonds is 4. The Morgan fingerprint density at radius 1 is 1.05 bits per heavy atom. The molecular weight excluding hydrogens is 499 g/mol. The minimum atomic E-state index is -4.76. The summed E-state index contributed by atoms with van der Waals surface area (Å²) < 4.78 is 41.9. The Balaban J connectivity index is 1.38. The van der Waals surface area contributed by atoms with Gasteiger partial charge in [-0.2, -0.15) is 10.4 Å². The third kappa shape index (κ3) is 5.88. The van der Waals surface area contributed by atoms with Gasteiger partial charge in [0.15, 0.2) is 0 Å². The van der Waals surface area contributed by atoms with Crippen LogP contribution in [0.15, 0.2) is 48.9 Å². The van der Waals surface area contributed by atoms with Crippen LogP contribution in [0.1, 0.15) is 42.4 Å². The van der Waals surface area contributed by atoms with Crippen LogP contribution in [0.4, 0.5) is 18.0 Å². The number of halogens is 3. The molecule has 198 valence electrons. The number of aromatic amines is 1. The number of H-pyrrole nitrogens is 1. The van der Waals surface area contributed by atoms with Crippen molar-refractivity contribution >= 4 is 6.03 Å². The van der Waals surface area contributed by atoms with E-state index in [1.165, 1.54) is 12.1 Å². The van der Waals surface area contributed by atoms with E-state index in [0.29, 0.717) is 56.8 Å². The average molecular weight is 526 g/mol. The number of piperidine rings is 2. The first-order chi connectivity index (χ1) is 18.3. The van der Waals surface area contributed by atoms with Gasteiger partial charge in [0, 0.05) is 62.0 Å². The van der Waals surface area contributed by atoms with E-state index in [2.05, 4.69) is 31.0 Å². The second-order valence-corrected chi connectivity index (χ2v) is 9.62. The Morgan fingerprint density at radius 2 is 1.79 bits per heavy atom. The summed E-state index contributed by atoms with van der Waals surface area (Å²) in [5, 5.41) is 16.7. The van der Waals surface area contributed by atoms with Gasteiger partial charge in [0.1, 0.15) is 17.1 Å². The molecule has 38 heavy (non-hydrogen) atoms. The standard InChI is InChI=1S/C26H26F3N7O2/c27-26(28,29)38-21-3-1-18(2-4-21)19-11-20(22-12-23(34-33-22)24-14-31-7-8-32-24)16-36(15-19)25(37)35-9-5-17(13-30)6-10-35/h1-4,7-8,12,14,17,19-20H,5-6,9-11,15-16H2,(H,33,34). The molecule has 2 unspecified atom stereocenters. The number of hydrogen-bond acceptors (Lipinski definition) is 6. The number of benzene rings is 1. The van der Waals surface area contributed by atoms with Gasteiger partial charge < -0.3 is 14.5 Å². The number of likely N-dealkylation sites (tertiary alicyclic amines) is 2. The molecule has 0 bridgehead atoms. The molecule has 2 atom stereocenters. The summed E-state index contributed by atoms with van der Waals surface area (Å²) in [6.45, 7) is 1.93. The lowest BCUT2D eigenvalue weighted by Crippen LogP contribution is -2.51. The Hall–Kier alpha value is -4.14. The monoisotopic (exact) mass is 525 g/mol. The van der Waals surface area contributed by atoms with E-state index >= 15 is 0 Å². The van der Waals surface area contributed by atoms with E-state index in [1.807, 2.05) is 6.07 Å². The molecule has 2 aliphatic heterocycles. The maximum absolute atomic E-state index is 13.5. The molecule has 5 rings (SSSR count). The predicted molar refractivity (Wildman–Crippen MR) is 130 cm³/mol. The van der Waals surface area contributed by atoms with E-state index in [1.54, 1.807) is 40.5 Å². The zero-order chi connectivity index (χ0) is 26.7. The second kappa shape index (κ2) is 10.7. The number of carbonyl (C=O) groups is 1. The summed E-state index contributed by atoms with van der Waals surface area (Å²) in [4.78, 5) is 25.5. The second-order valence-electron chi connectivity index (χ2n) is 9.62. The molecule has 2 aromatic heterocycles. The minimum absolute atomic E-state index is 0.0390. The first kappa shape index (κ1) is 25.5. The Labute approximate surface area is 217 Å². The number of ether oxygens (including phenoxy) is 1. The molecule has 12 heteroatoms.